The molecule has 1 N–H and O–H groups in total. The van der Waals surface area contributed by atoms with Crippen LogP contribution in [0.3, 0.4) is 0 Å². The molecule has 2 aromatic carbocycles. The summed E-state index contributed by atoms with van der Waals surface area (Å²) in [6.45, 7) is 4.86. The molecule has 1 aliphatic rings. The summed E-state index contributed by atoms with van der Waals surface area (Å²) in [5.41, 5.74) is 3.46. The Labute approximate surface area is 130 Å². The van der Waals surface area contributed by atoms with E-state index >= 15 is 0 Å². The molecule has 3 rings (SSSR count). The third-order valence-corrected chi connectivity index (χ3v) is 4.01. The van der Waals surface area contributed by atoms with Gasteiger partial charge in [0.15, 0.2) is 5.78 Å². The summed E-state index contributed by atoms with van der Waals surface area (Å²) in [6.07, 6.45) is 0.926. The van der Waals surface area contributed by atoms with E-state index in [1.54, 1.807) is 6.07 Å². The van der Waals surface area contributed by atoms with E-state index in [2.05, 4.69) is 19.2 Å². The van der Waals surface area contributed by atoms with Gasteiger partial charge in [-0.3, -0.25) is 9.59 Å². The number of benzene rings is 2. The summed E-state index contributed by atoms with van der Waals surface area (Å²) in [5.74, 6) is 0.312. The molecule has 0 heterocycles. The first kappa shape index (κ1) is 14.5. The zero-order chi connectivity index (χ0) is 15.7. The number of fused-ring (bicyclic) bond motifs is 3. The van der Waals surface area contributed by atoms with Gasteiger partial charge in [-0.25, -0.2) is 0 Å². The number of hydrogen-bond donors (Lipinski definition) is 1. The smallest absolute Gasteiger partial charge is 0.252 e. The van der Waals surface area contributed by atoms with Gasteiger partial charge in [0.25, 0.3) is 5.91 Å². The van der Waals surface area contributed by atoms with E-state index in [1.807, 2.05) is 36.4 Å². The molecule has 0 spiro atoms. The van der Waals surface area contributed by atoms with Crippen LogP contribution in [-0.2, 0) is 0 Å². The van der Waals surface area contributed by atoms with E-state index in [9.17, 15) is 9.59 Å². The minimum absolute atomic E-state index is 0.0554. The molecule has 112 valence electrons. The molecule has 3 heteroatoms. The molecule has 1 amide bonds. The van der Waals surface area contributed by atoms with Crippen molar-refractivity contribution >= 4 is 11.7 Å². The third kappa shape index (κ3) is 2.43. The Balaban J connectivity index is 1.94. The van der Waals surface area contributed by atoms with E-state index in [1.165, 1.54) is 0 Å². The van der Waals surface area contributed by atoms with Gasteiger partial charge in [-0.15, -0.1) is 0 Å². The number of rotatable bonds is 4. The highest BCUT2D eigenvalue weighted by Crippen LogP contribution is 2.37. The van der Waals surface area contributed by atoms with Crippen LogP contribution in [0.5, 0.6) is 0 Å². The quantitative estimate of drug-likeness (QED) is 0.797. The molecule has 1 aliphatic carbocycles. The van der Waals surface area contributed by atoms with Gasteiger partial charge in [-0.05, 0) is 29.5 Å². The fraction of sp³-hybridized carbons (Fsp3) is 0.263. The average Bonchev–Trinajstić information content (AvgIpc) is 2.81. The molecule has 0 radical (unpaired) electrons. The van der Waals surface area contributed by atoms with Crippen molar-refractivity contribution in [2.45, 2.75) is 20.3 Å². The van der Waals surface area contributed by atoms with Crippen LogP contribution >= 0.6 is 0 Å². The summed E-state index contributed by atoms with van der Waals surface area (Å²) < 4.78 is 0. The number of hydrogen-bond acceptors (Lipinski definition) is 2. The van der Waals surface area contributed by atoms with E-state index < -0.39 is 0 Å². The monoisotopic (exact) mass is 293 g/mol. The zero-order valence-corrected chi connectivity index (χ0v) is 12.8. The van der Waals surface area contributed by atoms with Crippen LogP contribution in [0.15, 0.2) is 42.5 Å². The largest absolute Gasteiger partial charge is 0.352 e. The second kappa shape index (κ2) is 5.76. The predicted molar refractivity (Wildman–Crippen MR) is 87.1 cm³/mol. The average molecular weight is 293 g/mol. The van der Waals surface area contributed by atoms with Gasteiger partial charge in [0.05, 0.1) is 5.56 Å². The second-order valence-electron chi connectivity index (χ2n) is 6.04. The lowest BCUT2D eigenvalue weighted by molar-refractivity contribution is 0.0941. The highest BCUT2D eigenvalue weighted by Gasteiger charge is 2.30. The molecule has 3 nitrogen and oxygen atoms in total. The Morgan fingerprint density at radius 2 is 1.68 bits per heavy atom. The van der Waals surface area contributed by atoms with Gasteiger partial charge in [-0.1, -0.05) is 50.2 Å². The first-order chi connectivity index (χ1) is 10.6. The first-order valence-corrected chi connectivity index (χ1v) is 7.65. The van der Waals surface area contributed by atoms with Crippen LogP contribution in [0.4, 0.5) is 0 Å². The fourth-order valence-corrected chi connectivity index (χ4v) is 2.83. The van der Waals surface area contributed by atoms with Crippen LogP contribution < -0.4 is 5.32 Å². The Morgan fingerprint density at radius 3 is 2.41 bits per heavy atom. The minimum atomic E-state index is -0.168. The highest BCUT2D eigenvalue weighted by atomic mass is 16.2. The van der Waals surface area contributed by atoms with Crippen molar-refractivity contribution in [1.82, 2.24) is 5.32 Å². The SMILES string of the molecule is CC(C)CCNC(=O)c1cccc2c1C(=O)c1ccccc1-2. The van der Waals surface area contributed by atoms with Gasteiger partial charge in [-0.2, -0.15) is 0 Å². The normalized spacial score (nSPS) is 12.2. The van der Waals surface area contributed by atoms with E-state index in [0.717, 1.165) is 17.5 Å². The van der Waals surface area contributed by atoms with Crippen LogP contribution in [0.25, 0.3) is 11.1 Å². The molecular formula is C19H19NO2. The fourth-order valence-electron chi connectivity index (χ4n) is 2.83. The predicted octanol–water partition coefficient (Wildman–Crippen LogP) is 3.67. The van der Waals surface area contributed by atoms with Crippen molar-refractivity contribution in [1.29, 1.82) is 0 Å². The van der Waals surface area contributed by atoms with Crippen molar-refractivity contribution in [3.05, 3.63) is 59.2 Å². The van der Waals surface area contributed by atoms with E-state index in [4.69, 9.17) is 0 Å². The van der Waals surface area contributed by atoms with Gasteiger partial charge in [0, 0.05) is 17.7 Å². The van der Waals surface area contributed by atoms with Gasteiger partial charge >= 0.3 is 0 Å². The lowest BCUT2D eigenvalue weighted by atomic mass is 10.00. The van der Waals surface area contributed by atoms with Gasteiger partial charge < -0.3 is 5.32 Å². The zero-order valence-electron chi connectivity index (χ0n) is 12.8. The number of nitrogens with one attached hydrogen (secondary N) is 1. The summed E-state index contributed by atoms with van der Waals surface area (Å²) >= 11 is 0. The summed E-state index contributed by atoms with van der Waals surface area (Å²) in [4.78, 5) is 25.0. The minimum Gasteiger partial charge on any atom is -0.352 e. The van der Waals surface area contributed by atoms with Crippen LogP contribution in [0.2, 0.25) is 0 Å². The molecule has 2 aromatic rings. The lowest BCUT2D eigenvalue weighted by Gasteiger charge is -2.10. The molecule has 0 fully saturated rings. The Kier molecular flexibility index (Phi) is 3.80. The van der Waals surface area contributed by atoms with Crippen LogP contribution in [0.1, 0.15) is 46.5 Å². The summed E-state index contributed by atoms with van der Waals surface area (Å²) in [7, 11) is 0. The number of ketones is 1. The van der Waals surface area contributed by atoms with E-state index in [-0.39, 0.29) is 11.7 Å². The molecule has 0 bridgehead atoms. The van der Waals surface area contributed by atoms with Crippen LogP contribution in [0, 0.1) is 5.92 Å². The van der Waals surface area contributed by atoms with E-state index in [0.29, 0.717) is 29.2 Å². The van der Waals surface area contributed by atoms with Crippen molar-refractivity contribution < 1.29 is 9.59 Å². The molecule has 0 aliphatic heterocycles. The maximum atomic E-state index is 12.6. The Hall–Kier alpha value is -2.42. The molecule has 22 heavy (non-hydrogen) atoms. The second-order valence-corrected chi connectivity index (χ2v) is 6.04. The number of carbonyl (C=O) groups excluding carboxylic acids is 2. The Bertz CT molecular complexity index is 747. The van der Waals surface area contributed by atoms with Crippen LogP contribution in [-0.4, -0.2) is 18.2 Å². The van der Waals surface area contributed by atoms with Crippen molar-refractivity contribution in [2.75, 3.05) is 6.54 Å². The molecule has 0 saturated heterocycles. The molecule has 0 aromatic heterocycles. The molecule has 0 unspecified atom stereocenters. The maximum Gasteiger partial charge on any atom is 0.252 e. The standard InChI is InChI=1S/C19H19NO2/c1-12(2)10-11-20-19(22)16-9-5-8-14-13-6-3-4-7-15(13)18(21)17(14)16/h3-9,12H,10-11H2,1-2H3,(H,20,22). The molecule has 0 saturated carbocycles. The van der Waals surface area contributed by atoms with Crippen molar-refractivity contribution in [3.63, 3.8) is 0 Å². The first-order valence-electron chi connectivity index (χ1n) is 7.65. The molecular weight excluding hydrogens is 274 g/mol. The van der Waals surface area contributed by atoms with Crippen molar-refractivity contribution in [3.8, 4) is 11.1 Å². The number of amides is 1. The maximum absolute atomic E-state index is 12.6. The van der Waals surface area contributed by atoms with Gasteiger partial charge in [0.1, 0.15) is 0 Å². The highest BCUT2D eigenvalue weighted by molar-refractivity contribution is 6.25. The Morgan fingerprint density at radius 1 is 1.00 bits per heavy atom. The van der Waals surface area contributed by atoms with Gasteiger partial charge in [0.2, 0.25) is 0 Å². The summed E-state index contributed by atoms with van der Waals surface area (Å²) in [6, 6.07) is 13.0. The lowest BCUT2D eigenvalue weighted by Crippen LogP contribution is -2.26. The number of carbonyl (C=O) groups is 2. The summed E-state index contributed by atoms with van der Waals surface area (Å²) in [5, 5.41) is 2.92. The topological polar surface area (TPSA) is 46.2 Å². The molecule has 0 atom stereocenters. The van der Waals surface area contributed by atoms with Crippen molar-refractivity contribution in [2.24, 2.45) is 5.92 Å². The third-order valence-electron chi connectivity index (χ3n) is 4.01.